The van der Waals surface area contributed by atoms with Crippen LogP contribution < -0.4 is 11.1 Å². The van der Waals surface area contributed by atoms with Crippen LogP contribution >= 0.6 is 15.9 Å². The molecule has 76 valence electrons. The Hall–Kier alpha value is -0.940. The van der Waals surface area contributed by atoms with Gasteiger partial charge in [-0.25, -0.2) is 4.39 Å². The van der Waals surface area contributed by atoms with Gasteiger partial charge in [-0.3, -0.25) is 4.79 Å². The number of rotatable bonds is 3. The molecule has 0 heterocycles. The number of nitrogens with two attached hydrogens (primary N) is 1. The van der Waals surface area contributed by atoms with Gasteiger partial charge in [0.1, 0.15) is 5.82 Å². The van der Waals surface area contributed by atoms with E-state index in [0.717, 1.165) is 0 Å². The molecule has 0 saturated heterocycles. The van der Waals surface area contributed by atoms with Crippen LogP contribution in [0.5, 0.6) is 0 Å². The Morgan fingerprint density at radius 3 is 2.86 bits per heavy atom. The zero-order chi connectivity index (χ0) is 10.6. The third kappa shape index (κ3) is 2.78. The zero-order valence-corrected chi connectivity index (χ0v) is 8.97. The number of carbonyl (C=O) groups excluding carboxylic acids is 1. The van der Waals surface area contributed by atoms with E-state index in [9.17, 15) is 9.18 Å². The number of hydrogen-bond donors (Lipinski definition) is 2. The van der Waals surface area contributed by atoms with Crippen LogP contribution in [0.2, 0.25) is 0 Å². The average molecular weight is 261 g/mol. The first-order valence-corrected chi connectivity index (χ1v) is 4.87. The van der Waals surface area contributed by atoms with E-state index in [4.69, 9.17) is 5.73 Å². The second kappa shape index (κ2) is 5.07. The van der Waals surface area contributed by atoms with E-state index in [0.29, 0.717) is 17.6 Å². The summed E-state index contributed by atoms with van der Waals surface area (Å²) in [7, 11) is 0. The number of nitrogens with one attached hydrogen (secondary N) is 1. The van der Waals surface area contributed by atoms with Crippen molar-refractivity contribution in [2.75, 3.05) is 13.1 Å². The molecule has 1 aromatic carbocycles. The molecule has 0 aromatic heterocycles. The van der Waals surface area contributed by atoms with Gasteiger partial charge in [-0.2, -0.15) is 0 Å². The van der Waals surface area contributed by atoms with E-state index in [1.165, 1.54) is 12.1 Å². The standard InChI is InChI=1S/C9H10BrFN2O/c10-6-1-2-7(8(11)5-6)9(14)13-4-3-12/h1-2,5H,3-4,12H2,(H,13,14). The van der Waals surface area contributed by atoms with Gasteiger partial charge in [0, 0.05) is 17.6 Å². The van der Waals surface area contributed by atoms with Crippen molar-refractivity contribution in [1.29, 1.82) is 0 Å². The first-order chi connectivity index (χ1) is 6.65. The SMILES string of the molecule is NCCNC(=O)c1ccc(Br)cc1F. The molecule has 0 spiro atoms. The molecular weight excluding hydrogens is 251 g/mol. The molecule has 3 N–H and O–H groups in total. The molecule has 0 unspecified atom stereocenters. The summed E-state index contributed by atoms with van der Waals surface area (Å²) >= 11 is 3.11. The van der Waals surface area contributed by atoms with Crippen molar-refractivity contribution >= 4 is 21.8 Å². The molecule has 0 bridgehead atoms. The molecular formula is C9H10BrFN2O. The summed E-state index contributed by atoms with van der Waals surface area (Å²) in [5, 5.41) is 2.49. The fourth-order valence-corrected chi connectivity index (χ4v) is 1.29. The number of carbonyl (C=O) groups is 1. The highest BCUT2D eigenvalue weighted by atomic mass is 79.9. The van der Waals surface area contributed by atoms with E-state index in [-0.39, 0.29) is 5.56 Å². The highest BCUT2D eigenvalue weighted by Gasteiger charge is 2.10. The van der Waals surface area contributed by atoms with Gasteiger partial charge in [-0.15, -0.1) is 0 Å². The minimum Gasteiger partial charge on any atom is -0.351 e. The van der Waals surface area contributed by atoms with Gasteiger partial charge >= 0.3 is 0 Å². The first-order valence-electron chi connectivity index (χ1n) is 4.08. The molecule has 0 aliphatic rings. The maximum atomic E-state index is 13.2. The smallest absolute Gasteiger partial charge is 0.254 e. The van der Waals surface area contributed by atoms with Crippen LogP contribution in [0.1, 0.15) is 10.4 Å². The molecule has 0 aliphatic carbocycles. The Balaban J connectivity index is 2.80. The van der Waals surface area contributed by atoms with Crippen molar-refractivity contribution < 1.29 is 9.18 Å². The van der Waals surface area contributed by atoms with Gasteiger partial charge in [0.15, 0.2) is 0 Å². The molecule has 3 nitrogen and oxygen atoms in total. The van der Waals surface area contributed by atoms with E-state index < -0.39 is 11.7 Å². The molecule has 14 heavy (non-hydrogen) atoms. The summed E-state index contributed by atoms with van der Waals surface area (Å²) in [6.07, 6.45) is 0. The molecule has 0 fully saturated rings. The summed E-state index contributed by atoms with van der Waals surface area (Å²) in [5.74, 6) is -0.991. The van der Waals surface area contributed by atoms with E-state index >= 15 is 0 Å². The van der Waals surface area contributed by atoms with E-state index in [1.54, 1.807) is 6.07 Å². The number of benzene rings is 1. The summed E-state index contributed by atoms with van der Waals surface area (Å²) < 4.78 is 13.8. The molecule has 0 aliphatic heterocycles. The lowest BCUT2D eigenvalue weighted by molar-refractivity contribution is 0.0950. The molecule has 0 radical (unpaired) electrons. The van der Waals surface area contributed by atoms with Crippen LogP contribution in [0.25, 0.3) is 0 Å². The molecule has 0 saturated carbocycles. The molecule has 0 atom stereocenters. The second-order valence-electron chi connectivity index (χ2n) is 2.67. The topological polar surface area (TPSA) is 55.1 Å². The van der Waals surface area contributed by atoms with Crippen LogP contribution in [-0.2, 0) is 0 Å². The minimum atomic E-state index is -0.547. The van der Waals surface area contributed by atoms with Crippen molar-refractivity contribution in [1.82, 2.24) is 5.32 Å². The fourth-order valence-electron chi connectivity index (χ4n) is 0.955. The largest absolute Gasteiger partial charge is 0.351 e. The highest BCUT2D eigenvalue weighted by Crippen LogP contribution is 2.14. The second-order valence-corrected chi connectivity index (χ2v) is 3.58. The molecule has 5 heteroatoms. The van der Waals surface area contributed by atoms with Crippen molar-refractivity contribution in [3.05, 3.63) is 34.1 Å². The van der Waals surface area contributed by atoms with Crippen molar-refractivity contribution in [2.24, 2.45) is 5.73 Å². The van der Waals surface area contributed by atoms with Crippen LogP contribution in [-0.4, -0.2) is 19.0 Å². The Labute approximate surface area is 89.6 Å². The Morgan fingerprint density at radius 1 is 1.57 bits per heavy atom. The minimum absolute atomic E-state index is 0.0293. The molecule has 1 aromatic rings. The summed E-state index contributed by atoms with van der Waals surface area (Å²) in [5.41, 5.74) is 5.23. The predicted molar refractivity (Wildman–Crippen MR) is 55.5 cm³/mol. The van der Waals surface area contributed by atoms with E-state index in [2.05, 4.69) is 21.2 Å². The Bertz CT molecular complexity index is 344. The Kier molecular flexibility index (Phi) is 4.03. The first kappa shape index (κ1) is 11.1. The van der Waals surface area contributed by atoms with Gasteiger partial charge in [-0.1, -0.05) is 15.9 Å². The van der Waals surface area contributed by atoms with Gasteiger partial charge < -0.3 is 11.1 Å². The third-order valence-electron chi connectivity index (χ3n) is 1.61. The third-order valence-corrected chi connectivity index (χ3v) is 2.10. The fraction of sp³-hybridized carbons (Fsp3) is 0.222. The van der Waals surface area contributed by atoms with Crippen LogP contribution in [0.4, 0.5) is 4.39 Å². The van der Waals surface area contributed by atoms with E-state index in [1.807, 2.05) is 0 Å². The number of halogens is 2. The van der Waals surface area contributed by atoms with Crippen LogP contribution in [0.15, 0.2) is 22.7 Å². The predicted octanol–water partition coefficient (Wildman–Crippen LogP) is 1.28. The highest BCUT2D eigenvalue weighted by molar-refractivity contribution is 9.10. The van der Waals surface area contributed by atoms with Crippen molar-refractivity contribution in [3.63, 3.8) is 0 Å². The van der Waals surface area contributed by atoms with Gasteiger partial charge in [0.2, 0.25) is 0 Å². The summed E-state index contributed by atoms with van der Waals surface area (Å²) in [6.45, 7) is 0.679. The van der Waals surface area contributed by atoms with Gasteiger partial charge in [0.05, 0.1) is 5.56 Å². The monoisotopic (exact) mass is 260 g/mol. The number of amides is 1. The van der Waals surface area contributed by atoms with Crippen molar-refractivity contribution in [3.8, 4) is 0 Å². The van der Waals surface area contributed by atoms with Crippen molar-refractivity contribution in [2.45, 2.75) is 0 Å². The van der Waals surface area contributed by atoms with Crippen LogP contribution in [0, 0.1) is 5.82 Å². The normalized spacial score (nSPS) is 9.93. The molecule has 1 amide bonds. The maximum Gasteiger partial charge on any atom is 0.254 e. The quantitative estimate of drug-likeness (QED) is 0.861. The summed E-state index contributed by atoms with van der Waals surface area (Å²) in [6, 6.07) is 4.28. The Morgan fingerprint density at radius 2 is 2.29 bits per heavy atom. The number of hydrogen-bond acceptors (Lipinski definition) is 2. The molecule has 1 rings (SSSR count). The average Bonchev–Trinajstić information content (AvgIpc) is 2.14. The maximum absolute atomic E-state index is 13.2. The van der Waals surface area contributed by atoms with Gasteiger partial charge in [0.25, 0.3) is 5.91 Å². The van der Waals surface area contributed by atoms with Gasteiger partial charge in [-0.05, 0) is 18.2 Å². The summed E-state index contributed by atoms with van der Waals surface area (Å²) in [4.78, 5) is 11.3. The lowest BCUT2D eigenvalue weighted by Crippen LogP contribution is -2.29. The lowest BCUT2D eigenvalue weighted by Gasteiger charge is -2.04. The lowest BCUT2D eigenvalue weighted by atomic mass is 10.2. The zero-order valence-electron chi connectivity index (χ0n) is 7.39. The van der Waals surface area contributed by atoms with Crippen LogP contribution in [0.3, 0.4) is 0 Å².